The molecule has 0 bridgehead atoms. The summed E-state index contributed by atoms with van der Waals surface area (Å²) in [5, 5.41) is 15.4. The standard InChI is InChI=1S/C24H18Cl2N4O/c1-27-30-22(18-12-17(25)13-19(26)23(18)31)24-28-20(15-8-4-2-5-9-15)14-21(29-24)16-10-6-3-7-11-16/h2-14,27,31H,1H3/b30-22+. The van der Waals surface area contributed by atoms with Crippen molar-refractivity contribution >= 4 is 28.9 Å². The first-order valence-electron chi connectivity index (χ1n) is 9.50. The van der Waals surface area contributed by atoms with Crippen LogP contribution in [-0.4, -0.2) is 27.8 Å². The van der Waals surface area contributed by atoms with E-state index in [4.69, 9.17) is 33.2 Å². The monoisotopic (exact) mass is 448 g/mol. The quantitative estimate of drug-likeness (QED) is 0.299. The van der Waals surface area contributed by atoms with E-state index in [1.807, 2.05) is 66.7 Å². The Morgan fingerprint density at radius 1 is 0.839 bits per heavy atom. The summed E-state index contributed by atoms with van der Waals surface area (Å²) < 4.78 is 0. The van der Waals surface area contributed by atoms with Gasteiger partial charge in [-0.1, -0.05) is 83.9 Å². The van der Waals surface area contributed by atoms with Crippen LogP contribution in [0.1, 0.15) is 11.4 Å². The van der Waals surface area contributed by atoms with Gasteiger partial charge in [0.2, 0.25) is 0 Å². The highest BCUT2D eigenvalue weighted by atomic mass is 35.5. The summed E-state index contributed by atoms with van der Waals surface area (Å²) in [4.78, 5) is 9.49. The summed E-state index contributed by atoms with van der Waals surface area (Å²) in [6.45, 7) is 0. The molecule has 2 N–H and O–H groups in total. The summed E-state index contributed by atoms with van der Waals surface area (Å²) in [6.07, 6.45) is 0. The summed E-state index contributed by atoms with van der Waals surface area (Å²) in [7, 11) is 1.66. The normalized spacial score (nSPS) is 11.4. The van der Waals surface area contributed by atoms with Crippen LogP contribution < -0.4 is 5.43 Å². The van der Waals surface area contributed by atoms with Crippen LogP contribution in [0, 0.1) is 0 Å². The number of phenols is 1. The maximum Gasteiger partial charge on any atom is 0.181 e. The molecular formula is C24H18Cl2N4O. The lowest BCUT2D eigenvalue weighted by Gasteiger charge is -2.13. The zero-order valence-corrected chi connectivity index (χ0v) is 18.1. The van der Waals surface area contributed by atoms with E-state index >= 15 is 0 Å². The van der Waals surface area contributed by atoms with Gasteiger partial charge in [0, 0.05) is 23.2 Å². The third-order valence-electron chi connectivity index (χ3n) is 4.58. The Morgan fingerprint density at radius 2 is 1.39 bits per heavy atom. The minimum atomic E-state index is -0.143. The third-order valence-corrected chi connectivity index (χ3v) is 5.09. The second-order valence-corrected chi connectivity index (χ2v) is 7.51. The number of nitrogens with zero attached hydrogens (tertiary/aromatic N) is 3. The Bertz CT molecular complexity index is 1190. The maximum atomic E-state index is 10.6. The molecule has 7 heteroatoms. The highest BCUT2D eigenvalue weighted by Gasteiger charge is 2.20. The minimum Gasteiger partial charge on any atom is -0.506 e. The molecule has 0 atom stereocenters. The number of hydrogen-bond acceptors (Lipinski definition) is 5. The van der Waals surface area contributed by atoms with Crippen LogP contribution in [0.25, 0.3) is 22.5 Å². The predicted molar refractivity (Wildman–Crippen MR) is 126 cm³/mol. The highest BCUT2D eigenvalue weighted by molar-refractivity contribution is 6.36. The van der Waals surface area contributed by atoms with E-state index in [2.05, 4.69) is 10.5 Å². The van der Waals surface area contributed by atoms with Gasteiger partial charge in [-0.15, -0.1) is 0 Å². The molecule has 4 rings (SSSR count). The second kappa shape index (κ2) is 9.16. The van der Waals surface area contributed by atoms with E-state index in [-0.39, 0.29) is 10.8 Å². The molecule has 3 aromatic carbocycles. The third kappa shape index (κ3) is 4.53. The van der Waals surface area contributed by atoms with E-state index in [1.54, 1.807) is 13.1 Å². The van der Waals surface area contributed by atoms with Gasteiger partial charge in [0.15, 0.2) is 5.82 Å². The Kier molecular flexibility index (Phi) is 6.16. The van der Waals surface area contributed by atoms with Crippen molar-refractivity contribution < 1.29 is 5.11 Å². The van der Waals surface area contributed by atoms with Crippen LogP contribution in [0.15, 0.2) is 84.0 Å². The molecular weight excluding hydrogens is 431 g/mol. The fourth-order valence-corrected chi connectivity index (χ4v) is 3.65. The van der Waals surface area contributed by atoms with Crippen molar-refractivity contribution in [1.82, 2.24) is 15.4 Å². The summed E-state index contributed by atoms with van der Waals surface area (Å²) in [6, 6.07) is 24.6. The highest BCUT2D eigenvalue weighted by Crippen LogP contribution is 2.33. The predicted octanol–water partition coefficient (Wildman–Crippen LogP) is 5.79. The lowest BCUT2D eigenvalue weighted by atomic mass is 10.0. The summed E-state index contributed by atoms with van der Waals surface area (Å²) in [5.74, 6) is 0.179. The second-order valence-electron chi connectivity index (χ2n) is 6.66. The van der Waals surface area contributed by atoms with Gasteiger partial charge in [-0.2, -0.15) is 5.10 Å². The van der Waals surface area contributed by atoms with Gasteiger partial charge in [-0.25, -0.2) is 9.97 Å². The zero-order valence-electron chi connectivity index (χ0n) is 16.6. The molecule has 0 saturated heterocycles. The van der Waals surface area contributed by atoms with Crippen LogP contribution in [0.2, 0.25) is 10.0 Å². The maximum absolute atomic E-state index is 10.6. The molecule has 0 aliphatic rings. The number of hydrogen-bond donors (Lipinski definition) is 2. The van der Waals surface area contributed by atoms with Crippen molar-refractivity contribution in [3.05, 3.63) is 100 Å². The fourth-order valence-electron chi connectivity index (χ4n) is 3.16. The Balaban J connectivity index is 1.97. The van der Waals surface area contributed by atoms with E-state index < -0.39 is 0 Å². The number of halogens is 2. The van der Waals surface area contributed by atoms with E-state index in [9.17, 15) is 5.11 Å². The molecule has 154 valence electrons. The van der Waals surface area contributed by atoms with Crippen molar-refractivity contribution in [2.75, 3.05) is 7.05 Å². The largest absolute Gasteiger partial charge is 0.506 e. The molecule has 1 heterocycles. The molecule has 4 aromatic rings. The Morgan fingerprint density at radius 3 is 1.90 bits per heavy atom. The van der Waals surface area contributed by atoms with Crippen molar-refractivity contribution in [2.45, 2.75) is 0 Å². The van der Waals surface area contributed by atoms with Gasteiger partial charge in [0.05, 0.1) is 22.0 Å². The molecule has 0 aliphatic heterocycles. The van der Waals surface area contributed by atoms with Gasteiger partial charge in [-0.3, -0.25) is 0 Å². The number of benzene rings is 3. The van der Waals surface area contributed by atoms with Crippen LogP contribution in [0.4, 0.5) is 0 Å². The average molecular weight is 449 g/mol. The number of nitrogens with one attached hydrogen (secondary N) is 1. The van der Waals surface area contributed by atoms with Crippen LogP contribution >= 0.6 is 23.2 Å². The molecule has 0 spiro atoms. The molecule has 0 amide bonds. The summed E-state index contributed by atoms with van der Waals surface area (Å²) in [5.41, 5.74) is 6.72. The molecule has 0 unspecified atom stereocenters. The molecule has 5 nitrogen and oxygen atoms in total. The molecule has 0 aliphatic carbocycles. The number of aromatic hydroxyl groups is 1. The Labute approximate surface area is 190 Å². The average Bonchev–Trinajstić information content (AvgIpc) is 2.81. The molecule has 31 heavy (non-hydrogen) atoms. The van der Waals surface area contributed by atoms with Crippen molar-refractivity contribution in [1.29, 1.82) is 0 Å². The summed E-state index contributed by atoms with van der Waals surface area (Å²) >= 11 is 12.4. The van der Waals surface area contributed by atoms with E-state index in [0.717, 1.165) is 22.5 Å². The smallest absolute Gasteiger partial charge is 0.181 e. The van der Waals surface area contributed by atoms with Gasteiger partial charge in [0.25, 0.3) is 0 Å². The van der Waals surface area contributed by atoms with Gasteiger partial charge in [-0.05, 0) is 18.2 Å². The number of aromatic nitrogens is 2. The zero-order chi connectivity index (χ0) is 21.8. The van der Waals surface area contributed by atoms with E-state index in [0.29, 0.717) is 22.1 Å². The van der Waals surface area contributed by atoms with Crippen LogP contribution in [-0.2, 0) is 0 Å². The van der Waals surface area contributed by atoms with Gasteiger partial charge < -0.3 is 10.5 Å². The first kappa shape index (κ1) is 20.8. The fraction of sp³-hybridized carbons (Fsp3) is 0.0417. The number of rotatable bonds is 5. The lowest BCUT2D eigenvalue weighted by Crippen LogP contribution is -2.14. The molecule has 0 fully saturated rings. The van der Waals surface area contributed by atoms with E-state index in [1.165, 1.54) is 6.07 Å². The lowest BCUT2D eigenvalue weighted by molar-refractivity contribution is 0.474. The van der Waals surface area contributed by atoms with Crippen LogP contribution in [0.5, 0.6) is 5.75 Å². The first-order chi connectivity index (χ1) is 15.1. The number of phenolic OH excluding ortho intramolecular Hbond substituents is 1. The molecule has 0 radical (unpaired) electrons. The Hall–Kier alpha value is -3.41. The van der Waals surface area contributed by atoms with Crippen molar-refractivity contribution in [3.8, 4) is 28.3 Å². The topological polar surface area (TPSA) is 70.4 Å². The molecule has 0 saturated carbocycles. The van der Waals surface area contributed by atoms with Crippen LogP contribution in [0.3, 0.4) is 0 Å². The minimum absolute atomic E-state index is 0.119. The number of hydrazone groups is 1. The first-order valence-corrected chi connectivity index (χ1v) is 10.3. The molecule has 1 aromatic heterocycles. The van der Waals surface area contributed by atoms with Gasteiger partial charge >= 0.3 is 0 Å². The van der Waals surface area contributed by atoms with Crippen molar-refractivity contribution in [3.63, 3.8) is 0 Å². The van der Waals surface area contributed by atoms with Crippen molar-refractivity contribution in [2.24, 2.45) is 5.10 Å². The van der Waals surface area contributed by atoms with Gasteiger partial charge in [0.1, 0.15) is 11.5 Å². The SMILES string of the molecule is CN/N=C(/c1nc(-c2ccccc2)cc(-c2ccccc2)n1)c1cc(Cl)cc(Cl)c1O.